The van der Waals surface area contributed by atoms with Crippen molar-refractivity contribution in [1.29, 1.82) is 0 Å². The third kappa shape index (κ3) is 4.99. The first-order valence-electron chi connectivity index (χ1n) is 8.45. The van der Waals surface area contributed by atoms with Crippen LogP contribution < -0.4 is 5.32 Å². The van der Waals surface area contributed by atoms with Gasteiger partial charge in [-0.1, -0.05) is 24.3 Å². The molecule has 0 bridgehead atoms. The second kappa shape index (κ2) is 8.28. The molecule has 0 aliphatic rings. The maximum Gasteiger partial charge on any atom is 0.416 e. The molecule has 2 aromatic carbocycles. The second-order valence-corrected chi connectivity index (χ2v) is 6.43. The predicted molar refractivity (Wildman–Crippen MR) is 97.7 cm³/mol. The summed E-state index contributed by atoms with van der Waals surface area (Å²) in [6, 6.07) is 9.03. The number of nitrogens with zero attached hydrogens (tertiary/aromatic N) is 2. The monoisotopic (exact) mass is 395 g/mol. The molecule has 2 amide bonds. The Bertz CT molecular complexity index is 871. The van der Waals surface area contributed by atoms with Crippen molar-refractivity contribution in [2.75, 3.05) is 7.05 Å². The summed E-state index contributed by atoms with van der Waals surface area (Å²) in [6.07, 6.45) is -4.47. The first-order valence-corrected chi connectivity index (χ1v) is 8.45. The van der Waals surface area contributed by atoms with E-state index in [1.807, 2.05) is 0 Å². The van der Waals surface area contributed by atoms with Crippen molar-refractivity contribution in [2.45, 2.75) is 32.1 Å². The third-order valence-corrected chi connectivity index (χ3v) is 4.52. The van der Waals surface area contributed by atoms with Crippen molar-refractivity contribution >= 4 is 11.7 Å². The van der Waals surface area contributed by atoms with Crippen LogP contribution in [-0.2, 0) is 6.18 Å². The lowest BCUT2D eigenvalue weighted by Crippen LogP contribution is -2.40. The van der Waals surface area contributed by atoms with Crippen molar-refractivity contribution in [3.63, 3.8) is 0 Å². The second-order valence-electron chi connectivity index (χ2n) is 6.43. The number of rotatable bonds is 5. The number of benzene rings is 2. The number of non-ortho nitro benzene ring substituents is 1. The molecular formula is C19H20F3N3O3. The van der Waals surface area contributed by atoms with Crippen LogP contribution in [-0.4, -0.2) is 22.9 Å². The van der Waals surface area contributed by atoms with Crippen molar-refractivity contribution in [2.24, 2.45) is 0 Å². The number of urea groups is 1. The van der Waals surface area contributed by atoms with Crippen molar-refractivity contribution in [1.82, 2.24) is 10.2 Å². The van der Waals surface area contributed by atoms with Crippen molar-refractivity contribution in [3.05, 3.63) is 75.3 Å². The quantitative estimate of drug-likeness (QED) is 0.567. The Morgan fingerprint density at radius 3 is 2.32 bits per heavy atom. The molecule has 2 rings (SSSR count). The van der Waals surface area contributed by atoms with Gasteiger partial charge in [-0.3, -0.25) is 10.1 Å². The van der Waals surface area contributed by atoms with E-state index < -0.39 is 34.8 Å². The molecule has 150 valence electrons. The predicted octanol–water partition coefficient (Wildman–Crippen LogP) is 5.08. The van der Waals surface area contributed by atoms with Crippen LogP contribution in [0.5, 0.6) is 0 Å². The Kier molecular flexibility index (Phi) is 6.27. The molecule has 0 saturated heterocycles. The third-order valence-electron chi connectivity index (χ3n) is 4.52. The van der Waals surface area contributed by atoms with Crippen LogP contribution >= 0.6 is 0 Å². The van der Waals surface area contributed by atoms with E-state index in [2.05, 4.69) is 5.32 Å². The van der Waals surface area contributed by atoms with Crippen LogP contribution in [0.4, 0.5) is 23.7 Å². The summed E-state index contributed by atoms with van der Waals surface area (Å²) in [5.74, 6) is 0. The topological polar surface area (TPSA) is 75.5 Å². The Hall–Kier alpha value is -3.10. The van der Waals surface area contributed by atoms with Gasteiger partial charge in [-0.2, -0.15) is 13.2 Å². The van der Waals surface area contributed by atoms with Gasteiger partial charge in [0.2, 0.25) is 0 Å². The SMILES string of the molecule is C[C@H](NC(=O)N(C)[C@@H](C)c1cccc([N+](=O)[O-])c1)c1cccc(C(F)(F)F)c1. The molecule has 0 aliphatic heterocycles. The summed E-state index contributed by atoms with van der Waals surface area (Å²) in [4.78, 5) is 24.2. The van der Waals surface area contributed by atoms with Crippen LogP contribution in [0.1, 0.15) is 42.6 Å². The zero-order chi connectivity index (χ0) is 21.1. The van der Waals surface area contributed by atoms with Gasteiger partial charge in [0, 0.05) is 19.2 Å². The molecule has 0 spiro atoms. The Morgan fingerprint density at radius 2 is 1.71 bits per heavy atom. The average Bonchev–Trinajstić information content (AvgIpc) is 2.66. The van der Waals surface area contributed by atoms with Gasteiger partial charge < -0.3 is 10.2 Å². The van der Waals surface area contributed by atoms with Gasteiger partial charge in [0.1, 0.15) is 0 Å². The van der Waals surface area contributed by atoms with Gasteiger partial charge in [-0.25, -0.2) is 4.79 Å². The molecule has 0 aliphatic carbocycles. The van der Waals surface area contributed by atoms with Crippen LogP contribution in [0.2, 0.25) is 0 Å². The molecule has 0 unspecified atom stereocenters. The highest BCUT2D eigenvalue weighted by Gasteiger charge is 2.31. The summed E-state index contributed by atoms with van der Waals surface area (Å²) in [7, 11) is 1.51. The highest BCUT2D eigenvalue weighted by molar-refractivity contribution is 5.75. The molecule has 1 N–H and O–H groups in total. The highest BCUT2D eigenvalue weighted by atomic mass is 19.4. The normalized spacial score (nSPS) is 13.5. The molecule has 2 atom stereocenters. The van der Waals surface area contributed by atoms with Gasteiger partial charge in [-0.05, 0) is 37.1 Å². The fourth-order valence-electron chi connectivity index (χ4n) is 2.65. The Balaban J connectivity index is 2.11. The number of nitrogens with one attached hydrogen (secondary N) is 1. The summed E-state index contributed by atoms with van der Waals surface area (Å²) in [5.41, 5.74) is 0.0121. The lowest BCUT2D eigenvalue weighted by atomic mass is 10.0. The lowest BCUT2D eigenvalue weighted by Gasteiger charge is -2.27. The zero-order valence-electron chi connectivity index (χ0n) is 15.5. The molecule has 0 saturated carbocycles. The number of carbonyl (C=O) groups is 1. The van der Waals surface area contributed by atoms with Crippen molar-refractivity contribution < 1.29 is 22.9 Å². The maximum absolute atomic E-state index is 12.9. The van der Waals surface area contributed by atoms with Crippen LogP contribution in [0.3, 0.4) is 0 Å². The van der Waals surface area contributed by atoms with E-state index >= 15 is 0 Å². The average molecular weight is 395 g/mol. The van der Waals surface area contributed by atoms with Crippen LogP contribution in [0, 0.1) is 10.1 Å². The number of alkyl halides is 3. The van der Waals surface area contributed by atoms with E-state index in [0.717, 1.165) is 12.1 Å². The Morgan fingerprint density at radius 1 is 1.11 bits per heavy atom. The van der Waals surface area contributed by atoms with E-state index in [0.29, 0.717) is 11.1 Å². The zero-order valence-corrected chi connectivity index (χ0v) is 15.5. The first-order chi connectivity index (χ1) is 13.0. The fraction of sp³-hybridized carbons (Fsp3) is 0.316. The van der Waals surface area contributed by atoms with Gasteiger partial charge in [0.15, 0.2) is 0 Å². The minimum absolute atomic E-state index is 0.0875. The highest BCUT2D eigenvalue weighted by Crippen LogP contribution is 2.31. The number of nitro groups is 1. The number of carbonyl (C=O) groups excluding carboxylic acids is 1. The molecule has 0 fully saturated rings. The van der Waals surface area contributed by atoms with E-state index in [4.69, 9.17) is 0 Å². The van der Waals surface area contributed by atoms with Gasteiger partial charge in [-0.15, -0.1) is 0 Å². The van der Waals surface area contributed by atoms with E-state index in [1.165, 1.54) is 42.3 Å². The molecular weight excluding hydrogens is 375 g/mol. The van der Waals surface area contributed by atoms with Crippen molar-refractivity contribution in [3.8, 4) is 0 Å². The van der Waals surface area contributed by atoms with Gasteiger partial charge in [0.25, 0.3) is 5.69 Å². The smallest absolute Gasteiger partial charge is 0.331 e. The van der Waals surface area contributed by atoms with Crippen LogP contribution in [0.25, 0.3) is 0 Å². The molecule has 0 radical (unpaired) electrons. The van der Waals surface area contributed by atoms with E-state index in [9.17, 15) is 28.1 Å². The maximum atomic E-state index is 12.9. The molecule has 0 heterocycles. The number of hydrogen-bond donors (Lipinski definition) is 1. The molecule has 28 heavy (non-hydrogen) atoms. The minimum Gasteiger partial charge on any atom is -0.331 e. The summed E-state index contributed by atoms with van der Waals surface area (Å²) in [6.45, 7) is 3.28. The molecule has 9 heteroatoms. The number of hydrogen-bond acceptors (Lipinski definition) is 3. The largest absolute Gasteiger partial charge is 0.416 e. The first kappa shape index (κ1) is 21.2. The van der Waals surface area contributed by atoms with Gasteiger partial charge in [0.05, 0.1) is 22.6 Å². The number of amides is 2. The Labute approximate surface area is 160 Å². The van der Waals surface area contributed by atoms with E-state index in [-0.39, 0.29) is 5.69 Å². The number of halogens is 3. The summed E-state index contributed by atoms with van der Waals surface area (Å²) < 4.78 is 38.6. The fourth-order valence-corrected chi connectivity index (χ4v) is 2.65. The molecule has 0 aromatic heterocycles. The molecule has 2 aromatic rings. The number of nitro benzene ring substituents is 1. The standard InChI is InChI=1S/C19H20F3N3O3/c1-12(14-6-4-8-16(10-14)19(20,21)22)23-18(26)24(3)13(2)15-7-5-9-17(11-15)25(27)28/h4-13H,1-3H3,(H,23,26)/t12-,13-/m0/s1. The van der Waals surface area contributed by atoms with Gasteiger partial charge >= 0.3 is 12.2 Å². The summed E-state index contributed by atoms with van der Waals surface area (Å²) in [5, 5.41) is 13.6. The minimum atomic E-state index is -4.47. The summed E-state index contributed by atoms with van der Waals surface area (Å²) >= 11 is 0. The molecule has 6 nitrogen and oxygen atoms in total. The van der Waals surface area contributed by atoms with E-state index in [1.54, 1.807) is 19.9 Å². The van der Waals surface area contributed by atoms with Crippen LogP contribution in [0.15, 0.2) is 48.5 Å². The lowest BCUT2D eigenvalue weighted by molar-refractivity contribution is -0.384.